The van der Waals surface area contributed by atoms with Gasteiger partial charge in [-0.1, -0.05) is 0 Å². The highest BCUT2D eigenvalue weighted by molar-refractivity contribution is 5.78. The second kappa shape index (κ2) is 10.6. The Morgan fingerprint density at radius 3 is 1.54 bits per heavy atom. The van der Waals surface area contributed by atoms with Crippen molar-refractivity contribution in [3.63, 3.8) is 0 Å². The third-order valence-corrected chi connectivity index (χ3v) is 4.82. The first-order valence-electron chi connectivity index (χ1n) is 11.7. The molecule has 0 radical (unpaired) electrons. The highest BCUT2D eigenvalue weighted by atomic mass is 16.6. The number of rotatable bonds is 5. The zero-order chi connectivity index (χ0) is 27.6. The number of hydrogen-bond acceptors (Lipinski definition) is 9. The van der Waals surface area contributed by atoms with E-state index in [1.54, 1.807) is 83.1 Å². The summed E-state index contributed by atoms with van der Waals surface area (Å²) in [5.41, 5.74) is -3.43. The van der Waals surface area contributed by atoms with Gasteiger partial charge in [-0.15, -0.1) is 0 Å². The third-order valence-electron chi connectivity index (χ3n) is 4.82. The Kier molecular flexibility index (Phi) is 9.21. The van der Waals surface area contributed by atoms with E-state index in [0.717, 1.165) is 6.26 Å². The molecule has 0 amide bonds. The minimum atomic E-state index is -1.30. The van der Waals surface area contributed by atoms with E-state index >= 15 is 0 Å². The first-order valence-corrected chi connectivity index (χ1v) is 11.7. The van der Waals surface area contributed by atoms with Crippen LogP contribution in [-0.2, 0) is 42.9 Å². The van der Waals surface area contributed by atoms with E-state index in [0.29, 0.717) is 0 Å². The fraction of sp³-hybridized carbons (Fsp3) is 0.769. The minimum Gasteiger partial charge on any atom is -0.487 e. The molecule has 9 nitrogen and oxygen atoms in total. The molecule has 0 aromatic carbocycles. The minimum absolute atomic E-state index is 0.118. The van der Waals surface area contributed by atoms with Crippen LogP contribution in [0.3, 0.4) is 0 Å². The van der Waals surface area contributed by atoms with Crippen LogP contribution in [0.25, 0.3) is 0 Å². The molecule has 9 heteroatoms. The van der Waals surface area contributed by atoms with Crippen LogP contribution in [0.15, 0.2) is 12.0 Å². The van der Waals surface area contributed by atoms with Gasteiger partial charge in [-0.25, -0.2) is 0 Å². The first-order chi connectivity index (χ1) is 15.5. The summed E-state index contributed by atoms with van der Waals surface area (Å²) in [4.78, 5) is 50.6. The Morgan fingerprint density at radius 1 is 0.686 bits per heavy atom. The van der Waals surface area contributed by atoms with Gasteiger partial charge in [0.2, 0.25) is 6.10 Å². The molecular weight excluding hydrogens is 456 g/mol. The molecular formula is C26H42O9. The van der Waals surface area contributed by atoms with Gasteiger partial charge in [0.05, 0.1) is 21.7 Å². The SMILES string of the molecule is CC(C)(C)C(=O)OC[C@H]1OC=C(OC(=O)C(C)(C)C)[C@@H](OC(=O)C(C)(C)C)[C@@H]1OC(=O)C(C)(C)C. The average Bonchev–Trinajstić information content (AvgIpc) is 2.65. The van der Waals surface area contributed by atoms with Crippen molar-refractivity contribution in [2.75, 3.05) is 6.61 Å². The van der Waals surface area contributed by atoms with Gasteiger partial charge >= 0.3 is 23.9 Å². The summed E-state index contributed by atoms with van der Waals surface area (Å²) < 4.78 is 28.1. The monoisotopic (exact) mass is 498 g/mol. The first kappa shape index (κ1) is 30.5. The molecule has 0 N–H and O–H groups in total. The van der Waals surface area contributed by atoms with Gasteiger partial charge in [-0.2, -0.15) is 0 Å². The molecule has 1 aliphatic heterocycles. The lowest BCUT2D eigenvalue weighted by molar-refractivity contribution is -0.198. The zero-order valence-electron chi connectivity index (χ0n) is 23.2. The fourth-order valence-electron chi connectivity index (χ4n) is 2.36. The summed E-state index contributed by atoms with van der Waals surface area (Å²) in [6, 6.07) is 0. The van der Waals surface area contributed by atoms with E-state index in [2.05, 4.69) is 0 Å². The summed E-state index contributed by atoms with van der Waals surface area (Å²) in [7, 11) is 0. The molecule has 1 heterocycles. The average molecular weight is 499 g/mol. The Morgan fingerprint density at radius 2 is 1.11 bits per heavy atom. The van der Waals surface area contributed by atoms with E-state index in [1.807, 2.05) is 0 Å². The van der Waals surface area contributed by atoms with Crippen molar-refractivity contribution in [2.45, 2.75) is 101 Å². The van der Waals surface area contributed by atoms with Crippen LogP contribution in [0, 0.1) is 21.7 Å². The number of ether oxygens (including phenoxy) is 5. The van der Waals surface area contributed by atoms with Gasteiger partial charge in [0, 0.05) is 0 Å². The van der Waals surface area contributed by atoms with Crippen LogP contribution in [0.1, 0.15) is 83.1 Å². The molecule has 200 valence electrons. The predicted octanol–water partition coefficient (Wildman–Crippen LogP) is 4.32. The van der Waals surface area contributed by atoms with Crippen molar-refractivity contribution in [3.8, 4) is 0 Å². The summed E-state index contributed by atoms with van der Waals surface area (Å²) in [6.45, 7) is 19.8. The predicted molar refractivity (Wildman–Crippen MR) is 128 cm³/mol. The Bertz CT molecular complexity index is 842. The standard InChI is InChI=1S/C26H42O9/c1-23(2,3)19(27)32-13-15-17(34-21(29)25(7,8)9)18(35-22(30)26(10,11)12)16(14-31-15)33-20(28)24(4,5)6/h14-15,17-18H,13H2,1-12H3/t15-,17-,18-/m1/s1. The molecule has 0 saturated carbocycles. The zero-order valence-corrected chi connectivity index (χ0v) is 23.2. The van der Waals surface area contributed by atoms with Crippen molar-refractivity contribution in [1.29, 1.82) is 0 Å². The Balaban J connectivity index is 3.45. The molecule has 0 aliphatic carbocycles. The van der Waals surface area contributed by atoms with Gasteiger partial charge in [-0.05, 0) is 83.1 Å². The molecule has 0 spiro atoms. The smallest absolute Gasteiger partial charge is 0.316 e. The van der Waals surface area contributed by atoms with Crippen molar-refractivity contribution in [2.24, 2.45) is 21.7 Å². The lowest BCUT2D eigenvalue weighted by Gasteiger charge is -2.38. The Labute approximate surface area is 208 Å². The normalized spacial score (nSPS) is 21.3. The number of hydrogen-bond donors (Lipinski definition) is 0. The van der Waals surface area contributed by atoms with Crippen LogP contribution in [0.2, 0.25) is 0 Å². The maximum Gasteiger partial charge on any atom is 0.316 e. The topological polar surface area (TPSA) is 114 Å². The van der Waals surface area contributed by atoms with Gasteiger partial charge < -0.3 is 23.7 Å². The summed E-state index contributed by atoms with van der Waals surface area (Å²) in [5, 5.41) is 0. The van der Waals surface area contributed by atoms with Gasteiger partial charge in [0.15, 0.2) is 18.0 Å². The fourth-order valence-corrected chi connectivity index (χ4v) is 2.36. The second-order valence-corrected chi connectivity index (χ2v) is 12.9. The molecule has 0 unspecified atom stereocenters. The molecule has 0 aromatic heterocycles. The van der Waals surface area contributed by atoms with Crippen molar-refractivity contribution in [1.82, 2.24) is 0 Å². The molecule has 0 aromatic rings. The van der Waals surface area contributed by atoms with E-state index < -0.39 is 63.8 Å². The molecule has 0 bridgehead atoms. The van der Waals surface area contributed by atoms with E-state index in [9.17, 15) is 19.2 Å². The van der Waals surface area contributed by atoms with Gasteiger partial charge in [-0.3, -0.25) is 19.2 Å². The van der Waals surface area contributed by atoms with E-state index in [4.69, 9.17) is 23.7 Å². The van der Waals surface area contributed by atoms with Crippen molar-refractivity contribution >= 4 is 23.9 Å². The largest absolute Gasteiger partial charge is 0.487 e. The summed E-state index contributed by atoms with van der Waals surface area (Å²) in [6.07, 6.45) is -2.41. The molecule has 0 fully saturated rings. The number of carbonyl (C=O) groups is 4. The van der Waals surface area contributed by atoms with Crippen LogP contribution in [0.4, 0.5) is 0 Å². The highest BCUT2D eigenvalue weighted by Crippen LogP contribution is 2.32. The lowest BCUT2D eigenvalue weighted by atomic mass is 9.95. The van der Waals surface area contributed by atoms with E-state index in [1.165, 1.54) is 0 Å². The molecule has 3 atom stereocenters. The number of carbonyl (C=O) groups excluding carboxylic acids is 4. The highest BCUT2D eigenvalue weighted by Gasteiger charge is 2.47. The lowest BCUT2D eigenvalue weighted by Crippen LogP contribution is -2.52. The Hall–Kier alpha value is -2.58. The van der Waals surface area contributed by atoms with Crippen molar-refractivity contribution < 1.29 is 42.9 Å². The quantitative estimate of drug-likeness (QED) is 0.404. The van der Waals surface area contributed by atoms with Crippen LogP contribution in [-0.4, -0.2) is 48.8 Å². The van der Waals surface area contributed by atoms with Crippen LogP contribution in [0.5, 0.6) is 0 Å². The van der Waals surface area contributed by atoms with E-state index in [-0.39, 0.29) is 12.4 Å². The third kappa shape index (κ3) is 8.85. The molecule has 1 rings (SSSR count). The maximum atomic E-state index is 12.8. The molecule has 35 heavy (non-hydrogen) atoms. The maximum absolute atomic E-state index is 12.8. The molecule has 0 saturated heterocycles. The molecule has 1 aliphatic rings. The van der Waals surface area contributed by atoms with Gasteiger partial charge in [0.1, 0.15) is 12.9 Å². The van der Waals surface area contributed by atoms with Crippen molar-refractivity contribution in [3.05, 3.63) is 12.0 Å². The van der Waals surface area contributed by atoms with Gasteiger partial charge in [0.25, 0.3) is 0 Å². The van der Waals surface area contributed by atoms with Crippen LogP contribution < -0.4 is 0 Å². The summed E-state index contributed by atoms with van der Waals surface area (Å²) >= 11 is 0. The van der Waals surface area contributed by atoms with Crippen LogP contribution >= 0.6 is 0 Å². The second-order valence-electron chi connectivity index (χ2n) is 12.9. The summed E-state index contributed by atoms with van der Waals surface area (Å²) in [5.74, 6) is -2.41. The number of esters is 4.